The Bertz CT molecular complexity index is 1260. The normalized spacial score (nSPS) is 18.6. The molecule has 1 aliphatic carbocycles. The molecule has 1 unspecified atom stereocenters. The average molecular weight is 398 g/mol. The molecule has 2 aliphatic rings. The van der Waals surface area contributed by atoms with E-state index in [0.717, 1.165) is 46.2 Å². The van der Waals surface area contributed by atoms with E-state index in [1.54, 1.807) is 11.3 Å². The van der Waals surface area contributed by atoms with Crippen LogP contribution in [0.2, 0.25) is 0 Å². The summed E-state index contributed by atoms with van der Waals surface area (Å²) in [7, 11) is 0. The summed E-state index contributed by atoms with van der Waals surface area (Å²) >= 11 is 1.73. The van der Waals surface area contributed by atoms with Crippen molar-refractivity contribution in [2.75, 3.05) is 0 Å². The summed E-state index contributed by atoms with van der Waals surface area (Å²) in [6.07, 6.45) is 3.80. The maximum atomic E-state index is 6.41. The molecule has 0 saturated heterocycles. The number of aromatic nitrogens is 3. The van der Waals surface area contributed by atoms with Crippen molar-refractivity contribution in [3.8, 4) is 0 Å². The number of aryl methyl sites for hydroxylation is 1. The van der Waals surface area contributed by atoms with Gasteiger partial charge < -0.3 is 4.74 Å². The van der Waals surface area contributed by atoms with E-state index >= 15 is 0 Å². The monoisotopic (exact) mass is 397 g/mol. The molecule has 29 heavy (non-hydrogen) atoms. The van der Waals surface area contributed by atoms with Crippen molar-refractivity contribution in [2.45, 2.75) is 25.7 Å². The highest BCUT2D eigenvalue weighted by atomic mass is 32.1. The van der Waals surface area contributed by atoms with Gasteiger partial charge in [0.25, 0.3) is 0 Å². The summed E-state index contributed by atoms with van der Waals surface area (Å²) < 4.78 is 7.60. The average Bonchev–Trinajstić information content (AvgIpc) is 3.40. The van der Waals surface area contributed by atoms with Crippen molar-refractivity contribution < 1.29 is 4.74 Å². The largest absolute Gasteiger partial charge is 0.466 e. The number of ether oxygens (including phenoxy) is 1. The first-order valence-electron chi connectivity index (χ1n) is 9.85. The van der Waals surface area contributed by atoms with Crippen LogP contribution >= 0.6 is 11.3 Å². The summed E-state index contributed by atoms with van der Waals surface area (Å²) in [6, 6.07) is 19.0. The van der Waals surface area contributed by atoms with Gasteiger partial charge in [-0.15, -0.1) is 11.3 Å². The Morgan fingerprint density at radius 2 is 1.83 bits per heavy atom. The Kier molecular flexibility index (Phi) is 3.71. The number of hydrogen-bond acceptors (Lipinski definition) is 4. The number of para-hydroxylation sites is 1. The van der Waals surface area contributed by atoms with Crippen LogP contribution in [-0.4, -0.2) is 15.2 Å². The lowest BCUT2D eigenvalue weighted by molar-refractivity contribution is 0.286. The second kappa shape index (κ2) is 6.42. The lowest BCUT2D eigenvalue weighted by atomic mass is 9.77. The van der Waals surface area contributed by atoms with E-state index < -0.39 is 0 Å². The number of fused-ring (bicyclic) bond motifs is 3. The molecule has 6 rings (SSSR count). The van der Waals surface area contributed by atoms with E-state index in [9.17, 15) is 0 Å². The third-order valence-electron chi connectivity index (χ3n) is 5.80. The SMILES string of the molecule is CC1=C(c2nc3ccccc3s2)C(c2ccccc2)C2=C(CCc3cn[nH]c32)O1. The molecule has 1 aliphatic heterocycles. The number of allylic oxidation sites excluding steroid dienone is 4. The van der Waals surface area contributed by atoms with Gasteiger partial charge in [0.15, 0.2) is 0 Å². The number of benzene rings is 2. The smallest absolute Gasteiger partial charge is 0.124 e. The van der Waals surface area contributed by atoms with Crippen molar-refractivity contribution in [1.82, 2.24) is 15.2 Å². The third-order valence-corrected chi connectivity index (χ3v) is 6.87. The van der Waals surface area contributed by atoms with E-state index in [-0.39, 0.29) is 5.92 Å². The van der Waals surface area contributed by atoms with Gasteiger partial charge >= 0.3 is 0 Å². The molecule has 0 radical (unpaired) electrons. The van der Waals surface area contributed by atoms with Crippen LogP contribution in [-0.2, 0) is 11.2 Å². The summed E-state index contributed by atoms with van der Waals surface area (Å²) in [6.45, 7) is 2.07. The van der Waals surface area contributed by atoms with Crippen molar-refractivity contribution >= 4 is 32.7 Å². The number of aromatic amines is 1. The molecule has 1 N–H and O–H groups in total. The van der Waals surface area contributed by atoms with E-state index in [1.807, 2.05) is 12.3 Å². The summed E-state index contributed by atoms with van der Waals surface area (Å²) in [5.74, 6) is 2.07. The van der Waals surface area contributed by atoms with E-state index in [0.29, 0.717) is 0 Å². The van der Waals surface area contributed by atoms with E-state index in [2.05, 4.69) is 65.7 Å². The fourth-order valence-corrected chi connectivity index (χ4v) is 5.58. The minimum atomic E-state index is 0.0695. The Balaban J connectivity index is 1.60. The summed E-state index contributed by atoms with van der Waals surface area (Å²) in [5, 5.41) is 8.60. The molecule has 0 spiro atoms. The molecule has 0 amide bonds. The van der Waals surface area contributed by atoms with Crippen molar-refractivity contribution in [3.05, 3.63) is 94.1 Å². The topological polar surface area (TPSA) is 50.8 Å². The fraction of sp³-hybridized carbons (Fsp3) is 0.167. The number of rotatable bonds is 2. The minimum Gasteiger partial charge on any atom is -0.466 e. The van der Waals surface area contributed by atoms with Gasteiger partial charge in [-0.1, -0.05) is 42.5 Å². The van der Waals surface area contributed by atoms with Crippen LogP contribution in [0.4, 0.5) is 0 Å². The Morgan fingerprint density at radius 3 is 2.69 bits per heavy atom. The highest BCUT2D eigenvalue weighted by molar-refractivity contribution is 7.19. The van der Waals surface area contributed by atoms with Gasteiger partial charge in [-0.2, -0.15) is 5.10 Å². The van der Waals surface area contributed by atoms with Gasteiger partial charge in [-0.3, -0.25) is 5.10 Å². The van der Waals surface area contributed by atoms with Crippen LogP contribution in [0.15, 0.2) is 72.3 Å². The van der Waals surface area contributed by atoms with Crippen molar-refractivity contribution in [2.24, 2.45) is 0 Å². The minimum absolute atomic E-state index is 0.0695. The molecular formula is C24H19N3OS. The molecule has 142 valence electrons. The van der Waals surface area contributed by atoms with Crippen LogP contribution in [0.5, 0.6) is 0 Å². The number of H-pyrrole nitrogens is 1. The Morgan fingerprint density at radius 1 is 1.00 bits per heavy atom. The van der Waals surface area contributed by atoms with Gasteiger partial charge in [0.2, 0.25) is 0 Å². The second-order valence-corrected chi connectivity index (χ2v) is 8.54. The van der Waals surface area contributed by atoms with Gasteiger partial charge in [0.05, 0.1) is 22.1 Å². The molecule has 1 atom stereocenters. The highest BCUT2D eigenvalue weighted by Crippen LogP contribution is 2.52. The van der Waals surface area contributed by atoms with Crippen LogP contribution in [0.25, 0.3) is 21.4 Å². The first-order chi connectivity index (χ1) is 14.3. The van der Waals surface area contributed by atoms with Gasteiger partial charge in [0.1, 0.15) is 16.5 Å². The van der Waals surface area contributed by atoms with Gasteiger partial charge in [0, 0.05) is 23.5 Å². The molecule has 3 heterocycles. The van der Waals surface area contributed by atoms with Gasteiger partial charge in [-0.05, 0) is 36.6 Å². The van der Waals surface area contributed by atoms with Crippen LogP contribution in [0.1, 0.15) is 41.1 Å². The number of thiazole rings is 1. The maximum absolute atomic E-state index is 6.41. The number of nitrogens with one attached hydrogen (secondary N) is 1. The molecule has 2 aromatic carbocycles. The van der Waals surface area contributed by atoms with Gasteiger partial charge in [-0.25, -0.2) is 4.98 Å². The number of nitrogens with zero attached hydrogens (tertiary/aromatic N) is 2. The predicted molar refractivity (Wildman–Crippen MR) is 116 cm³/mol. The maximum Gasteiger partial charge on any atom is 0.124 e. The zero-order valence-corrected chi connectivity index (χ0v) is 16.8. The first kappa shape index (κ1) is 16.7. The molecule has 2 aromatic heterocycles. The molecule has 4 aromatic rings. The van der Waals surface area contributed by atoms with Crippen molar-refractivity contribution in [1.29, 1.82) is 0 Å². The predicted octanol–water partition coefficient (Wildman–Crippen LogP) is 5.92. The Hall–Kier alpha value is -3.18. The number of hydrogen-bond donors (Lipinski definition) is 1. The quantitative estimate of drug-likeness (QED) is 0.457. The zero-order valence-electron chi connectivity index (χ0n) is 16.0. The van der Waals surface area contributed by atoms with Crippen molar-refractivity contribution in [3.63, 3.8) is 0 Å². The van der Waals surface area contributed by atoms with Crippen LogP contribution < -0.4 is 0 Å². The van der Waals surface area contributed by atoms with Crippen LogP contribution in [0, 0.1) is 0 Å². The third kappa shape index (κ3) is 2.58. The highest BCUT2D eigenvalue weighted by Gasteiger charge is 2.38. The molecule has 0 fully saturated rings. The lowest BCUT2D eigenvalue weighted by Crippen LogP contribution is -2.19. The van der Waals surface area contributed by atoms with E-state index in [4.69, 9.17) is 9.72 Å². The fourth-order valence-electron chi connectivity index (χ4n) is 4.50. The lowest BCUT2D eigenvalue weighted by Gasteiger charge is -2.33. The summed E-state index contributed by atoms with van der Waals surface area (Å²) in [5.41, 5.74) is 7.00. The molecular weight excluding hydrogens is 378 g/mol. The summed E-state index contributed by atoms with van der Waals surface area (Å²) in [4.78, 5) is 4.98. The molecule has 4 nitrogen and oxygen atoms in total. The molecule has 5 heteroatoms. The van der Waals surface area contributed by atoms with Crippen LogP contribution in [0.3, 0.4) is 0 Å². The van der Waals surface area contributed by atoms with E-state index in [1.165, 1.54) is 21.4 Å². The standard InChI is InChI=1S/C24H19N3OS/c1-14-20(24-26-17-9-5-6-10-19(17)29-24)21(15-7-3-2-4-8-15)22-18(28-14)12-11-16-13-25-27-23(16)22/h2-10,13,21H,11-12H2,1H3,(H,25,27). The molecule has 0 bridgehead atoms. The molecule has 0 saturated carbocycles. The first-order valence-corrected chi connectivity index (χ1v) is 10.7. The second-order valence-electron chi connectivity index (χ2n) is 7.51. The zero-order chi connectivity index (χ0) is 19.4. The Labute approximate surface area is 172 Å².